The molecule has 5 nitrogen and oxygen atoms in total. The molecule has 0 spiro atoms. The van der Waals surface area contributed by atoms with Crippen LogP contribution < -0.4 is 0 Å². The molecule has 0 atom stereocenters. The molecule has 28 heavy (non-hydrogen) atoms. The number of aromatic carboxylic acids is 1. The number of fused-ring (bicyclic) bond motifs is 3. The van der Waals surface area contributed by atoms with Gasteiger partial charge >= 0.3 is 5.97 Å². The minimum absolute atomic E-state index is 0. The van der Waals surface area contributed by atoms with Gasteiger partial charge in [-0.2, -0.15) is 0 Å². The number of carboxylic acid groups (broad SMARTS) is 1. The van der Waals surface area contributed by atoms with Crippen molar-refractivity contribution in [1.82, 2.24) is 14.5 Å². The predicted octanol–water partition coefficient (Wildman–Crippen LogP) is 4.42. The number of hydrogen-bond donors (Lipinski definition) is 1. The number of rotatable bonds is 1. The van der Waals surface area contributed by atoms with E-state index in [1.165, 1.54) is 28.1 Å². The number of benzene rings is 2. The van der Waals surface area contributed by atoms with Gasteiger partial charge in [-0.3, -0.25) is 4.98 Å². The van der Waals surface area contributed by atoms with E-state index in [1.54, 1.807) is 19.1 Å². The molecule has 6 heteroatoms. The molecule has 2 heterocycles. The van der Waals surface area contributed by atoms with Gasteiger partial charge in [-0.1, -0.05) is 29.7 Å². The topological polar surface area (TPSA) is 68.0 Å². The Morgan fingerprint density at radius 3 is 2.50 bits per heavy atom. The standard InChI is InChI=1S/C15H11N2.C7H7NO2.Pt/c1-9-16-14-11-7-3-5-10-6-4-8-12(13(10)11)15(14)17(9)2;1-5-3-2-4-6(8-5)7(9)10;/h3-6,8H,1-2H3;2-4H,1H3,(H,9,10);/q-1;;. The summed E-state index contributed by atoms with van der Waals surface area (Å²) in [5.74, 6) is 0.0682. The summed E-state index contributed by atoms with van der Waals surface area (Å²) in [5.41, 5.74) is 5.56. The Morgan fingerprint density at radius 2 is 1.82 bits per heavy atom. The average molecular weight is 551 g/mol. The number of carboxylic acids is 1. The second-order valence-corrected chi connectivity index (χ2v) is 6.51. The number of nitrogens with zero attached hydrogens (tertiary/aromatic N) is 3. The van der Waals surface area contributed by atoms with E-state index in [0.717, 1.165) is 22.8 Å². The Kier molecular flexibility index (Phi) is 5.48. The Hall–Kier alpha value is -2.78. The van der Waals surface area contributed by atoms with Crippen LogP contribution in [0.25, 0.3) is 33.3 Å². The van der Waals surface area contributed by atoms with Gasteiger partial charge < -0.3 is 9.67 Å². The molecule has 0 radical (unpaired) electrons. The van der Waals surface area contributed by atoms with E-state index >= 15 is 0 Å². The van der Waals surface area contributed by atoms with Crippen LogP contribution in [-0.2, 0) is 28.1 Å². The maximum absolute atomic E-state index is 10.3. The Morgan fingerprint density at radius 1 is 1.07 bits per heavy atom. The molecule has 1 aliphatic rings. The van der Waals surface area contributed by atoms with Crippen molar-refractivity contribution in [3.8, 4) is 22.5 Å². The molecule has 0 saturated carbocycles. The minimum atomic E-state index is -0.983. The summed E-state index contributed by atoms with van der Waals surface area (Å²) >= 11 is 0. The molecule has 2 aromatic heterocycles. The van der Waals surface area contributed by atoms with Gasteiger partial charge in [0.1, 0.15) is 5.69 Å². The van der Waals surface area contributed by atoms with Crippen LogP contribution in [0.2, 0.25) is 0 Å². The Balaban J connectivity index is 0.000000178. The van der Waals surface area contributed by atoms with Gasteiger partial charge in [0.25, 0.3) is 0 Å². The summed E-state index contributed by atoms with van der Waals surface area (Å²) in [6.07, 6.45) is 0. The molecule has 0 saturated heterocycles. The summed E-state index contributed by atoms with van der Waals surface area (Å²) in [6.45, 7) is 3.80. The first-order valence-electron chi connectivity index (χ1n) is 8.62. The molecule has 5 rings (SSSR count). The van der Waals surface area contributed by atoms with E-state index in [-0.39, 0.29) is 26.8 Å². The van der Waals surface area contributed by atoms with E-state index < -0.39 is 5.97 Å². The average Bonchev–Trinajstić information content (AvgIpc) is 3.13. The molecular formula is C22H18N3O2Pt-. The van der Waals surface area contributed by atoms with Gasteiger partial charge in [-0.05, 0) is 31.5 Å². The molecule has 0 aliphatic heterocycles. The molecule has 0 unspecified atom stereocenters. The number of pyridine rings is 1. The zero-order valence-corrected chi connectivity index (χ0v) is 17.9. The molecule has 0 fully saturated rings. The van der Waals surface area contributed by atoms with Gasteiger partial charge in [0.05, 0.1) is 5.82 Å². The maximum Gasteiger partial charge on any atom is 0.354 e. The second kappa shape index (κ2) is 7.68. The summed E-state index contributed by atoms with van der Waals surface area (Å²) in [5, 5.41) is 11.0. The van der Waals surface area contributed by atoms with Crippen molar-refractivity contribution in [2.24, 2.45) is 7.05 Å². The van der Waals surface area contributed by atoms with Crippen LogP contribution in [0.3, 0.4) is 0 Å². The van der Waals surface area contributed by atoms with Crippen molar-refractivity contribution in [3.05, 3.63) is 71.8 Å². The summed E-state index contributed by atoms with van der Waals surface area (Å²) in [6, 6.07) is 18.8. The van der Waals surface area contributed by atoms with Crippen LogP contribution in [0.15, 0.2) is 48.5 Å². The molecule has 144 valence electrons. The van der Waals surface area contributed by atoms with Crippen molar-refractivity contribution in [1.29, 1.82) is 0 Å². The molecule has 4 aromatic rings. The number of carbonyl (C=O) groups is 1. The van der Waals surface area contributed by atoms with Crippen LogP contribution in [-0.4, -0.2) is 25.6 Å². The van der Waals surface area contributed by atoms with Gasteiger partial charge in [0.2, 0.25) is 0 Å². The van der Waals surface area contributed by atoms with Crippen LogP contribution in [0.5, 0.6) is 0 Å². The monoisotopic (exact) mass is 551 g/mol. The molecule has 0 amide bonds. The molecule has 1 N–H and O–H groups in total. The Labute approximate surface area is 177 Å². The van der Waals surface area contributed by atoms with E-state index in [9.17, 15) is 4.79 Å². The van der Waals surface area contributed by atoms with Gasteiger partial charge in [0.15, 0.2) is 0 Å². The van der Waals surface area contributed by atoms with Crippen LogP contribution in [0.4, 0.5) is 0 Å². The van der Waals surface area contributed by atoms with Crippen molar-refractivity contribution in [2.75, 3.05) is 0 Å². The van der Waals surface area contributed by atoms with Gasteiger partial charge in [-0.25, -0.2) is 9.78 Å². The van der Waals surface area contributed by atoms with Crippen molar-refractivity contribution >= 4 is 16.7 Å². The first kappa shape index (κ1) is 20.0. The summed E-state index contributed by atoms with van der Waals surface area (Å²) in [4.78, 5) is 18.7. The first-order chi connectivity index (χ1) is 13.0. The Bertz CT molecular complexity index is 1190. The molecular weight excluding hydrogens is 533 g/mol. The largest absolute Gasteiger partial charge is 0.477 e. The predicted molar refractivity (Wildman–Crippen MR) is 105 cm³/mol. The number of imidazole rings is 1. The fourth-order valence-corrected chi connectivity index (χ4v) is 3.41. The van der Waals surface area contributed by atoms with E-state index in [0.29, 0.717) is 0 Å². The third-order valence-corrected chi connectivity index (χ3v) is 4.76. The van der Waals surface area contributed by atoms with E-state index in [1.807, 2.05) is 13.0 Å². The third kappa shape index (κ3) is 3.27. The summed E-state index contributed by atoms with van der Waals surface area (Å²) < 4.78 is 2.16. The number of aromatic nitrogens is 3. The van der Waals surface area contributed by atoms with Crippen LogP contribution in [0.1, 0.15) is 22.0 Å². The second-order valence-electron chi connectivity index (χ2n) is 6.51. The van der Waals surface area contributed by atoms with Gasteiger partial charge in [0, 0.05) is 45.2 Å². The fraction of sp³-hybridized carbons (Fsp3) is 0.136. The zero-order chi connectivity index (χ0) is 19.1. The first-order valence-corrected chi connectivity index (χ1v) is 8.62. The quantitative estimate of drug-likeness (QED) is 0.314. The molecule has 2 aromatic carbocycles. The molecule has 0 bridgehead atoms. The minimum Gasteiger partial charge on any atom is -0.477 e. The van der Waals surface area contributed by atoms with Crippen LogP contribution >= 0.6 is 0 Å². The zero-order valence-electron chi connectivity index (χ0n) is 15.6. The van der Waals surface area contributed by atoms with Crippen molar-refractivity contribution < 1.29 is 31.0 Å². The third-order valence-electron chi connectivity index (χ3n) is 4.76. The number of aryl methyl sites for hydroxylation is 2. The molecule has 1 aliphatic carbocycles. The summed E-state index contributed by atoms with van der Waals surface area (Å²) in [7, 11) is 2.08. The fourth-order valence-electron chi connectivity index (χ4n) is 3.41. The van der Waals surface area contributed by atoms with Crippen molar-refractivity contribution in [2.45, 2.75) is 13.8 Å². The van der Waals surface area contributed by atoms with E-state index in [4.69, 9.17) is 5.11 Å². The van der Waals surface area contributed by atoms with Gasteiger partial charge in [-0.15, -0.1) is 29.1 Å². The normalized spacial score (nSPS) is 10.7. The van der Waals surface area contributed by atoms with Crippen LogP contribution in [0, 0.1) is 19.9 Å². The van der Waals surface area contributed by atoms with Crippen molar-refractivity contribution in [3.63, 3.8) is 0 Å². The smallest absolute Gasteiger partial charge is 0.354 e. The number of hydrogen-bond acceptors (Lipinski definition) is 3. The maximum atomic E-state index is 10.3. The SMILES string of the molecule is Cc1cccc(C(=O)O)n1.Cc1nc2c(n1C)-c1cccc3cc[c-]c-2c13.[Pt]. The van der Waals surface area contributed by atoms with E-state index in [2.05, 4.69) is 51.9 Å².